The minimum Gasteiger partial charge on any atom is -0.427 e. The topological polar surface area (TPSA) is 76.0 Å². The molecule has 33 heavy (non-hydrogen) atoms. The number of hydrogen-bond donors (Lipinski definition) is 0. The highest BCUT2D eigenvalue weighted by Gasteiger charge is 2.58. The fourth-order valence-corrected chi connectivity index (χ4v) is 4.55. The number of benzene rings is 3. The quantitative estimate of drug-likeness (QED) is 0.547. The van der Waals surface area contributed by atoms with Crippen LogP contribution in [0.3, 0.4) is 0 Å². The summed E-state index contributed by atoms with van der Waals surface area (Å²) in [6.45, 7) is 1.07. The van der Waals surface area contributed by atoms with Gasteiger partial charge in [-0.25, -0.2) is 14.7 Å². The van der Waals surface area contributed by atoms with E-state index >= 15 is 0 Å². The van der Waals surface area contributed by atoms with Crippen LogP contribution in [0.1, 0.15) is 35.6 Å². The minimum atomic E-state index is -1.34. The van der Waals surface area contributed by atoms with Crippen LogP contribution >= 0.6 is 0 Å². The second kappa shape index (κ2) is 8.13. The van der Waals surface area contributed by atoms with Crippen LogP contribution in [-0.4, -0.2) is 34.9 Å². The van der Waals surface area contributed by atoms with Gasteiger partial charge in [0.1, 0.15) is 5.78 Å². The first kappa shape index (κ1) is 20.8. The summed E-state index contributed by atoms with van der Waals surface area (Å²) in [4.78, 5) is 42.8. The molecule has 1 saturated heterocycles. The standard InChI is InChI=1S/C27H22N2O4/c1-18(30)17-29-25(31)27(33-26(29)32)15-14-21-16-22(12-13-23(21)27)28-24(19-8-4-2-5-9-19)20-10-6-3-7-11-20/h2-13,16H,14-15,17H2,1H3/t27-/m1/s1. The number of hydrogen-bond acceptors (Lipinski definition) is 5. The van der Waals surface area contributed by atoms with Gasteiger partial charge in [-0.05, 0) is 31.0 Å². The summed E-state index contributed by atoms with van der Waals surface area (Å²) in [5, 5.41) is 0. The van der Waals surface area contributed by atoms with E-state index in [2.05, 4.69) is 0 Å². The first-order valence-corrected chi connectivity index (χ1v) is 10.9. The molecule has 1 heterocycles. The van der Waals surface area contributed by atoms with Gasteiger partial charge in [-0.3, -0.25) is 9.59 Å². The number of ether oxygens (including phenoxy) is 1. The summed E-state index contributed by atoms with van der Waals surface area (Å²) in [6, 6.07) is 25.5. The van der Waals surface area contributed by atoms with E-state index in [1.807, 2.05) is 78.9 Å². The molecule has 1 atom stereocenters. The third-order valence-corrected chi connectivity index (χ3v) is 6.06. The fourth-order valence-electron chi connectivity index (χ4n) is 4.55. The third-order valence-electron chi connectivity index (χ3n) is 6.06. The molecular formula is C27H22N2O4. The number of carbonyl (C=O) groups excluding carboxylic acids is 3. The number of rotatable bonds is 5. The maximum absolute atomic E-state index is 13.1. The van der Waals surface area contributed by atoms with Crippen molar-refractivity contribution in [1.29, 1.82) is 0 Å². The number of carbonyl (C=O) groups is 3. The molecule has 0 unspecified atom stereocenters. The maximum Gasteiger partial charge on any atom is 0.418 e. The van der Waals surface area contributed by atoms with Gasteiger partial charge in [-0.2, -0.15) is 0 Å². The molecular weight excluding hydrogens is 416 g/mol. The van der Waals surface area contributed by atoms with Gasteiger partial charge in [0.25, 0.3) is 5.91 Å². The van der Waals surface area contributed by atoms with E-state index in [0.29, 0.717) is 18.4 Å². The van der Waals surface area contributed by atoms with Crippen LogP contribution in [0.25, 0.3) is 0 Å². The Morgan fingerprint density at radius 1 is 0.970 bits per heavy atom. The Morgan fingerprint density at radius 2 is 1.61 bits per heavy atom. The van der Waals surface area contributed by atoms with Crippen LogP contribution in [0.2, 0.25) is 0 Å². The van der Waals surface area contributed by atoms with Crippen molar-refractivity contribution in [2.45, 2.75) is 25.4 Å². The average Bonchev–Trinajstić information content (AvgIpc) is 3.30. The normalized spacial score (nSPS) is 18.9. The number of imide groups is 1. The van der Waals surface area contributed by atoms with Gasteiger partial charge in [-0.15, -0.1) is 0 Å². The Hall–Kier alpha value is -4.06. The summed E-state index contributed by atoms with van der Waals surface area (Å²) < 4.78 is 5.57. The summed E-state index contributed by atoms with van der Waals surface area (Å²) >= 11 is 0. The highest BCUT2D eigenvalue weighted by Crippen LogP contribution is 2.46. The molecule has 0 aromatic heterocycles. The molecule has 1 fully saturated rings. The molecule has 3 aromatic rings. The van der Waals surface area contributed by atoms with Crippen molar-refractivity contribution in [3.05, 3.63) is 101 Å². The number of aliphatic imine (C=N–C) groups is 1. The van der Waals surface area contributed by atoms with Gasteiger partial charge < -0.3 is 4.74 Å². The maximum atomic E-state index is 13.1. The molecule has 6 nitrogen and oxygen atoms in total. The van der Waals surface area contributed by atoms with Crippen molar-refractivity contribution >= 4 is 29.2 Å². The zero-order chi connectivity index (χ0) is 23.0. The fraction of sp³-hybridized carbons (Fsp3) is 0.185. The van der Waals surface area contributed by atoms with E-state index in [-0.39, 0.29) is 12.3 Å². The summed E-state index contributed by atoms with van der Waals surface area (Å²) in [5.41, 5.74) is 3.85. The monoisotopic (exact) mass is 438 g/mol. The zero-order valence-corrected chi connectivity index (χ0v) is 18.2. The third kappa shape index (κ3) is 3.63. The highest BCUT2D eigenvalue weighted by atomic mass is 16.6. The first-order valence-electron chi connectivity index (χ1n) is 10.9. The highest BCUT2D eigenvalue weighted by molar-refractivity contribution is 6.14. The van der Waals surface area contributed by atoms with Crippen molar-refractivity contribution in [1.82, 2.24) is 4.90 Å². The molecule has 0 bridgehead atoms. The van der Waals surface area contributed by atoms with Crippen LogP contribution in [0.4, 0.5) is 10.5 Å². The second-order valence-electron chi connectivity index (χ2n) is 8.32. The van der Waals surface area contributed by atoms with E-state index in [1.54, 1.807) is 0 Å². The average molecular weight is 438 g/mol. The van der Waals surface area contributed by atoms with E-state index in [0.717, 1.165) is 33.0 Å². The van der Waals surface area contributed by atoms with Gasteiger partial charge in [0, 0.05) is 23.1 Å². The Kier molecular flexibility index (Phi) is 5.13. The number of fused-ring (bicyclic) bond motifs is 2. The first-order chi connectivity index (χ1) is 16.0. The van der Waals surface area contributed by atoms with Gasteiger partial charge in [0.05, 0.1) is 17.9 Å². The minimum absolute atomic E-state index is 0.269. The molecule has 2 amide bonds. The zero-order valence-electron chi connectivity index (χ0n) is 18.2. The van der Waals surface area contributed by atoms with Gasteiger partial charge in [0.15, 0.2) is 0 Å². The summed E-state index contributed by atoms with van der Waals surface area (Å²) in [6.07, 6.45) is 0.177. The Labute approximate surface area is 191 Å². The number of ketones is 1. The number of Topliss-reactive ketones (excluding diaryl/α,β-unsaturated/α-hetero) is 1. The van der Waals surface area contributed by atoms with Crippen LogP contribution in [0.5, 0.6) is 0 Å². The molecule has 0 radical (unpaired) electrons. The smallest absolute Gasteiger partial charge is 0.418 e. The number of nitrogens with zero attached hydrogens (tertiary/aromatic N) is 2. The molecule has 1 spiro atoms. The van der Waals surface area contributed by atoms with Gasteiger partial charge in [0.2, 0.25) is 5.60 Å². The lowest BCUT2D eigenvalue weighted by Gasteiger charge is -2.20. The Bertz CT molecular complexity index is 1240. The number of amides is 2. The van der Waals surface area contributed by atoms with Crippen molar-refractivity contribution in [2.75, 3.05) is 6.54 Å². The number of aryl methyl sites for hydroxylation is 1. The molecule has 2 aliphatic rings. The van der Waals surface area contributed by atoms with Crippen LogP contribution in [0, 0.1) is 0 Å². The molecule has 3 aromatic carbocycles. The van der Waals surface area contributed by atoms with Crippen molar-refractivity contribution in [2.24, 2.45) is 4.99 Å². The lowest BCUT2D eigenvalue weighted by Crippen LogP contribution is -2.39. The Balaban J connectivity index is 1.53. The molecule has 6 heteroatoms. The largest absolute Gasteiger partial charge is 0.427 e. The van der Waals surface area contributed by atoms with Crippen LogP contribution in [-0.2, 0) is 26.3 Å². The molecule has 164 valence electrons. The molecule has 0 saturated carbocycles. The van der Waals surface area contributed by atoms with Gasteiger partial charge >= 0.3 is 6.09 Å². The second-order valence-corrected chi connectivity index (χ2v) is 8.32. The molecule has 5 rings (SSSR count). The van der Waals surface area contributed by atoms with Gasteiger partial charge in [-0.1, -0.05) is 66.7 Å². The lowest BCUT2D eigenvalue weighted by molar-refractivity contribution is -0.139. The lowest BCUT2D eigenvalue weighted by atomic mass is 9.94. The van der Waals surface area contributed by atoms with E-state index in [9.17, 15) is 14.4 Å². The summed E-state index contributed by atoms with van der Waals surface area (Å²) in [5.74, 6) is -0.735. The molecule has 1 aliphatic carbocycles. The molecule has 1 aliphatic heterocycles. The summed E-state index contributed by atoms with van der Waals surface area (Å²) in [7, 11) is 0. The van der Waals surface area contributed by atoms with Crippen molar-refractivity contribution in [3.63, 3.8) is 0 Å². The van der Waals surface area contributed by atoms with E-state index in [4.69, 9.17) is 9.73 Å². The SMILES string of the molecule is CC(=O)CN1C(=O)O[C@@]2(CCc3cc(N=C(c4ccccc4)c4ccccc4)ccc32)C1=O. The van der Waals surface area contributed by atoms with Crippen LogP contribution < -0.4 is 0 Å². The van der Waals surface area contributed by atoms with E-state index in [1.165, 1.54) is 6.92 Å². The van der Waals surface area contributed by atoms with Crippen LogP contribution in [0.15, 0.2) is 83.9 Å². The predicted octanol–water partition coefficient (Wildman–Crippen LogP) is 4.57. The Morgan fingerprint density at radius 3 is 2.21 bits per heavy atom. The predicted molar refractivity (Wildman–Crippen MR) is 123 cm³/mol. The van der Waals surface area contributed by atoms with Crippen molar-refractivity contribution in [3.8, 4) is 0 Å². The van der Waals surface area contributed by atoms with Crippen molar-refractivity contribution < 1.29 is 19.1 Å². The van der Waals surface area contributed by atoms with E-state index < -0.39 is 17.6 Å². The molecule has 0 N–H and O–H groups in total.